The van der Waals surface area contributed by atoms with E-state index in [4.69, 9.17) is 16.2 Å². The fourth-order valence-electron chi connectivity index (χ4n) is 2.50. The van der Waals surface area contributed by atoms with Crippen LogP contribution in [-0.4, -0.2) is 31.7 Å². The molecule has 1 unspecified atom stereocenters. The highest BCUT2D eigenvalue weighted by molar-refractivity contribution is 5.99. The normalized spacial score (nSPS) is 19.4. The molecule has 1 fully saturated rings. The molecule has 0 aromatic heterocycles. The first-order valence-electron chi connectivity index (χ1n) is 6.67. The molecule has 0 aliphatic carbocycles. The average molecular weight is 263 g/mol. The van der Waals surface area contributed by atoms with Crippen molar-refractivity contribution in [3.63, 3.8) is 0 Å². The first-order valence-corrected chi connectivity index (χ1v) is 6.67. The number of rotatable bonds is 4. The number of hydrogen-bond acceptors (Lipinski definition) is 4. The van der Waals surface area contributed by atoms with E-state index in [1.165, 1.54) is 0 Å². The zero-order chi connectivity index (χ0) is 13.8. The molecule has 1 amide bonds. The first-order chi connectivity index (χ1) is 9.11. The van der Waals surface area contributed by atoms with Crippen LogP contribution in [0.15, 0.2) is 18.2 Å². The van der Waals surface area contributed by atoms with Crippen LogP contribution < -0.4 is 16.4 Å². The summed E-state index contributed by atoms with van der Waals surface area (Å²) in [4.78, 5) is 13.5. The standard InChI is InChI=1S/C14H21N3O2/c1-2-19-11-4-3-7-17(9-11)10-5-6-13(15)12(8-10)14(16)18/h5-6,8,11H,2-4,7,9,15H2,1H3,(H2,16,18). The van der Waals surface area contributed by atoms with Crippen LogP contribution >= 0.6 is 0 Å². The largest absolute Gasteiger partial charge is 0.398 e. The van der Waals surface area contributed by atoms with E-state index in [0.717, 1.165) is 38.2 Å². The van der Waals surface area contributed by atoms with Crippen LogP contribution in [0.25, 0.3) is 0 Å². The van der Waals surface area contributed by atoms with Gasteiger partial charge in [0.1, 0.15) is 0 Å². The first kappa shape index (κ1) is 13.7. The van der Waals surface area contributed by atoms with Crippen molar-refractivity contribution < 1.29 is 9.53 Å². The van der Waals surface area contributed by atoms with Crippen molar-refractivity contribution in [1.29, 1.82) is 0 Å². The summed E-state index contributed by atoms with van der Waals surface area (Å²) in [5.41, 5.74) is 12.9. The Bertz CT molecular complexity index is 460. The molecule has 0 bridgehead atoms. The molecular formula is C14H21N3O2. The number of benzene rings is 1. The third-order valence-electron chi connectivity index (χ3n) is 3.45. The van der Waals surface area contributed by atoms with E-state index in [1.807, 2.05) is 13.0 Å². The van der Waals surface area contributed by atoms with E-state index in [9.17, 15) is 4.79 Å². The van der Waals surface area contributed by atoms with Gasteiger partial charge in [-0.15, -0.1) is 0 Å². The van der Waals surface area contributed by atoms with Crippen molar-refractivity contribution >= 4 is 17.3 Å². The number of nitrogens with two attached hydrogens (primary N) is 2. The summed E-state index contributed by atoms with van der Waals surface area (Å²) in [6.45, 7) is 4.54. The maximum atomic E-state index is 11.3. The number of hydrogen-bond donors (Lipinski definition) is 2. The van der Waals surface area contributed by atoms with Gasteiger partial charge in [-0.3, -0.25) is 4.79 Å². The van der Waals surface area contributed by atoms with Crippen LogP contribution in [0.1, 0.15) is 30.1 Å². The predicted molar refractivity (Wildman–Crippen MR) is 76.2 cm³/mol. The topological polar surface area (TPSA) is 81.6 Å². The number of piperidine rings is 1. The van der Waals surface area contributed by atoms with E-state index in [1.54, 1.807) is 12.1 Å². The van der Waals surface area contributed by atoms with Crippen molar-refractivity contribution in [2.24, 2.45) is 5.73 Å². The maximum Gasteiger partial charge on any atom is 0.250 e. The Labute approximate surface area is 113 Å². The Morgan fingerprint density at radius 2 is 2.32 bits per heavy atom. The molecule has 5 heteroatoms. The SMILES string of the molecule is CCOC1CCCN(c2ccc(N)c(C(N)=O)c2)C1. The summed E-state index contributed by atoms with van der Waals surface area (Å²) in [6, 6.07) is 5.43. The number of carbonyl (C=O) groups is 1. The minimum absolute atomic E-state index is 0.258. The van der Waals surface area contributed by atoms with Crippen LogP contribution in [0.3, 0.4) is 0 Å². The van der Waals surface area contributed by atoms with Gasteiger partial charge in [-0.2, -0.15) is 0 Å². The monoisotopic (exact) mass is 263 g/mol. The van der Waals surface area contributed by atoms with Gasteiger partial charge >= 0.3 is 0 Å². The van der Waals surface area contributed by atoms with E-state index in [-0.39, 0.29) is 6.10 Å². The average Bonchev–Trinajstić information content (AvgIpc) is 2.39. The fraction of sp³-hybridized carbons (Fsp3) is 0.500. The lowest BCUT2D eigenvalue weighted by atomic mass is 10.1. The molecular weight excluding hydrogens is 242 g/mol. The van der Waals surface area contributed by atoms with Crippen molar-refractivity contribution in [3.05, 3.63) is 23.8 Å². The molecule has 1 aliphatic rings. The molecule has 0 spiro atoms. The molecule has 5 nitrogen and oxygen atoms in total. The van der Waals surface area contributed by atoms with Crippen LogP contribution in [0.4, 0.5) is 11.4 Å². The number of nitrogen functional groups attached to an aromatic ring is 1. The summed E-state index contributed by atoms with van der Waals surface area (Å²) in [7, 11) is 0. The Balaban J connectivity index is 2.17. The second-order valence-electron chi connectivity index (χ2n) is 4.80. The second kappa shape index (κ2) is 5.93. The van der Waals surface area contributed by atoms with E-state index < -0.39 is 5.91 Å². The number of amides is 1. The van der Waals surface area contributed by atoms with Crippen LogP contribution in [0.5, 0.6) is 0 Å². The van der Waals surface area contributed by atoms with Crippen LogP contribution in [0, 0.1) is 0 Å². The molecule has 104 valence electrons. The molecule has 1 aliphatic heterocycles. The van der Waals surface area contributed by atoms with E-state index >= 15 is 0 Å². The Morgan fingerprint density at radius 1 is 1.53 bits per heavy atom. The van der Waals surface area contributed by atoms with E-state index in [0.29, 0.717) is 11.3 Å². The molecule has 4 N–H and O–H groups in total. The van der Waals surface area contributed by atoms with Gasteiger partial charge in [0.05, 0.1) is 11.7 Å². The predicted octanol–water partition coefficient (Wildman–Crippen LogP) is 1.37. The summed E-state index contributed by atoms with van der Waals surface area (Å²) >= 11 is 0. The van der Waals surface area contributed by atoms with Gasteiger partial charge < -0.3 is 21.1 Å². The van der Waals surface area contributed by atoms with E-state index in [2.05, 4.69) is 4.90 Å². The number of anilines is 2. The van der Waals surface area contributed by atoms with Gasteiger partial charge in [0.15, 0.2) is 0 Å². The minimum atomic E-state index is -0.488. The second-order valence-corrected chi connectivity index (χ2v) is 4.80. The van der Waals surface area contributed by atoms with Gasteiger partial charge in [0.25, 0.3) is 5.91 Å². The Morgan fingerprint density at radius 3 is 3.00 bits per heavy atom. The third kappa shape index (κ3) is 3.17. The Kier molecular flexibility index (Phi) is 4.27. The fourth-order valence-corrected chi connectivity index (χ4v) is 2.50. The van der Waals surface area contributed by atoms with Crippen LogP contribution in [-0.2, 0) is 4.74 Å². The summed E-state index contributed by atoms with van der Waals surface area (Å²) in [6.07, 6.45) is 2.43. The lowest BCUT2D eigenvalue weighted by molar-refractivity contribution is 0.0527. The summed E-state index contributed by atoms with van der Waals surface area (Å²) in [5.74, 6) is -0.488. The Hall–Kier alpha value is -1.75. The molecule has 19 heavy (non-hydrogen) atoms. The molecule has 0 saturated carbocycles. The number of primary amides is 1. The van der Waals surface area contributed by atoms with Gasteiger partial charge in [0.2, 0.25) is 0 Å². The molecule has 2 rings (SSSR count). The highest BCUT2D eigenvalue weighted by atomic mass is 16.5. The zero-order valence-corrected chi connectivity index (χ0v) is 11.3. The molecule has 1 aromatic rings. The lowest BCUT2D eigenvalue weighted by Crippen LogP contribution is -2.39. The summed E-state index contributed by atoms with van der Waals surface area (Å²) in [5, 5.41) is 0. The number of nitrogens with zero attached hydrogens (tertiary/aromatic N) is 1. The highest BCUT2D eigenvalue weighted by Crippen LogP contribution is 2.25. The molecule has 0 radical (unpaired) electrons. The number of carbonyl (C=O) groups excluding carboxylic acids is 1. The van der Waals surface area contributed by atoms with Crippen molar-refractivity contribution in [1.82, 2.24) is 0 Å². The molecule has 1 atom stereocenters. The smallest absolute Gasteiger partial charge is 0.250 e. The zero-order valence-electron chi connectivity index (χ0n) is 11.3. The van der Waals surface area contributed by atoms with Crippen molar-refractivity contribution in [2.45, 2.75) is 25.9 Å². The lowest BCUT2D eigenvalue weighted by Gasteiger charge is -2.34. The van der Waals surface area contributed by atoms with Crippen LogP contribution in [0.2, 0.25) is 0 Å². The van der Waals surface area contributed by atoms with Crippen molar-refractivity contribution in [2.75, 3.05) is 30.3 Å². The number of ether oxygens (including phenoxy) is 1. The van der Waals surface area contributed by atoms with Gasteiger partial charge in [-0.05, 0) is 38.0 Å². The summed E-state index contributed by atoms with van der Waals surface area (Å²) < 4.78 is 5.68. The molecule has 1 aromatic carbocycles. The third-order valence-corrected chi connectivity index (χ3v) is 3.45. The van der Waals surface area contributed by atoms with Gasteiger partial charge in [-0.1, -0.05) is 0 Å². The molecule has 1 heterocycles. The quantitative estimate of drug-likeness (QED) is 0.804. The molecule has 1 saturated heterocycles. The van der Waals surface area contributed by atoms with Gasteiger partial charge in [0, 0.05) is 31.1 Å². The van der Waals surface area contributed by atoms with Crippen molar-refractivity contribution in [3.8, 4) is 0 Å². The minimum Gasteiger partial charge on any atom is -0.398 e. The maximum absolute atomic E-state index is 11.3. The highest BCUT2D eigenvalue weighted by Gasteiger charge is 2.21. The van der Waals surface area contributed by atoms with Gasteiger partial charge in [-0.25, -0.2) is 0 Å².